The van der Waals surface area contributed by atoms with Crippen molar-refractivity contribution in [2.45, 2.75) is 25.9 Å². The molecular formula is C19H14ClF4N3O2. The molecule has 3 rings (SSSR count). The summed E-state index contributed by atoms with van der Waals surface area (Å²) in [7, 11) is 0. The molecule has 0 amide bonds. The molecule has 1 aromatic carbocycles. The number of H-pyrrole nitrogens is 1. The van der Waals surface area contributed by atoms with E-state index in [0.29, 0.717) is 5.56 Å². The first kappa shape index (κ1) is 20.8. The zero-order chi connectivity index (χ0) is 21.3. The van der Waals surface area contributed by atoms with Crippen molar-refractivity contribution in [2.24, 2.45) is 0 Å². The molecular weight excluding hydrogens is 414 g/mol. The standard InChI is InChI=1S/C19H14ClF4N3O2/c1-9-17(28)16(18(29)27-26-9)15-11(12(20)5-6-13(15)21)4-2-10-3-7-14(25-8-10)19(22,23)24/h3,5-8H,2,4H2,1H3,(H2,27,28,29). The van der Waals surface area contributed by atoms with Gasteiger partial charge >= 0.3 is 6.18 Å². The predicted octanol–water partition coefficient (Wildman–Crippen LogP) is 4.44. The average Bonchev–Trinajstić information content (AvgIpc) is 2.66. The molecule has 0 bridgehead atoms. The molecule has 0 aliphatic heterocycles. The molecule has 0 spiro atoms. The molecule has 0 fully saturated rings. The van der Waals surface area contributed by atoms with Gasteiger partial charge in [0, 0.05) is 16.8 Å². The SMILES string of the molecule is Cc1n[nH]c(=O)c(-c2c(F)ccc(Cl)c2CCc2ccc(C(F)(F)F)nc2)c1O. The van der Waals surface area contributed by atoms with Crippen LogP contribution in [0.4, 0.5) is 17.6 Å². The summed E-state index contributed by atoms with van der Waals surface area (Å²) in [6.45, 7) is 1.44. The maximum atomic E-state index is 14.6. The summed E-state index contributed by atoms with van der Waals surface area (Å²) >= 11 is 6.21. The fraction of sp³-hybridized carbons (Fsp3) is 0.211. The number of aromatic nitrogens is 3. The Bertz CT molecular complexity index is 1110. The quantitative estimate of drug-likeness (QED) is 0.603. The molecule has 0 unspecified atom stereocenters. The van der Waals surface area contributed by atoms with E-state index in [9.17, 15) is 27.5 Å². The minimum absolute atomic E-state index is 0.0943. The number of pyridine rings is 1. The highest BCUT2D eigenvalue weighted by Crippen LogP contribution is 2.36. The normalized spacial score (nSPS) is 11.7. The third-order valence-corrected chi connectivity index (χ3v) is 4.72. The van der Waals surface area contributed by atoms with Gasteiger partial charge in [-0.25, -0.2) is 9.49 Å². The fourth-order valence-electron chi connectivity index (χ4n) is 2.88. The summed E-state index contributed by atoms with van der Waals surface area (Å²) in [5.74, 6) is -1.26. The molecule has 0 saturated heterocycles. The summed E-state index contributed by atoms with van der Waals surface area (Å²) in [5, 5.41) is 16.2. The van der Waals surface area contributed by atoms with Crippen molar-refractivity contribution in [2.75, 3.05) is 0 Å². The molecule has 5 nitrogen and oxygen atoms in total. The van der Waals surface area contributed by atoms with Gasteiger partial charge in [0.05, 0.1) is 5.56 Å². The van der Waals surface area contributed by atoms with Gasteiger partial charge < -0.3 is 5.11 Å². The highest BCUT2D eigenvalue weighted by molar-refractivity contribution is 6.31. The highest BCUT2D eigenvalue weighted by atomic mass is 35.5. The summed E-state index contributed by atoms with van der Waals surface area (Å²) in [6.07, 6.45) is -3.19. The summed E-state index contributed by atoms with van der Waals surface area (Å²) in [6, 6.07) is 4.49. The van der Waals surface area contributed by atoms with Gasteiger partial charge in [0.15, 0.2) is 5.75 Å². The van der Waals surface area contributed by atoms with Crippen molar-refractivity contribution in [3.8, 4) is 16.9 Å². The van der Waals surface area contributed by atoms with Crippen LogP contribution in [0.25, 0.3) is 11.1 Å². The monoisotopic (exact) mass is 427 g/mol. The summed E-state index contributed by atoms with van der Waals surface area (Å²) < 4.78 is 52.5. The van der Waals surface area contributed by atoms with Crippen molar-refractivity contribution in [1.29, 1.82) is 0 Å². The molecule has 2 aromatic heterocycles. The molecule has 0 atom stereocenters. The van der Waals surface area contributed by atoms with Crippen LogP contribution in [-0.4, -0.2) is 20.3 Å². The lowest BCUT2D eigenvalue weighted by molar-refractivity contribution is -0.141. The van der Waals surface area contributed by atoms with Gasteiger partial charge in [0.1, 0.15) is 17.2 Å². The average molecular weight is 428 g/mol. The number of benzene rings is 1. The highest BCUT2D eigenvalue weighted by Gasteiger charge is 2.32. The van der Waals surface area contributed by atoms with Crippen LogP contribution in [0.1, 0.15) is 22.5 Å². The van der Waals surface area contributed by atoms with Gasteiger partial charge in [-0.3, -0.25) is 9.78 Å². The molecule has 0 aliphatic rings. The number of hydrogen-bond donors (Lipinski definition) is 2. The van der Waals surface area contributed by atoms with Crippen molar-refractivity contribution >= 4 is 11.6 Å². The number of aryl methyl sites for hydroxylation is 2. The van der Waals surface area contributed by atoms with Gasteiger partial charge in [0.25, 0.3) is 5.56 Å². The van der Waals surface area contributed by atoms with Gasteiger partial charge in [-0.05, 0) is 49.1 Å². The summed E-state index contributed by atoms with van der Waals surface area (Å²) in [4.78, 5) is 15.6. The smallest absolute Gasteiger partial charge is 0.433 e. The van der Waals surface area contributed by atoms with E-state index in [2.05, 4.69) is 15.2 Å². The largest absolute Gasteiger partial charge is 0.505 e. The van der Waals surface area contributed by atoms with E-state index in [-0.39, 0.29) is 40.2 Å². The van der Waals surface area contributed by atoms with Crippen LogP contribution in [0.5, 0.6) is 5.75 Å². The Morgan fingerprint density at radius 1 is 1.14 bits per heavy atom. The number of aromatic hydroxyl groups is 1. The van der Waals surface area contributed by atoms with E-state index in [1.807, 2.05) is 0 Å². The molecule has 10 heteroatoms. The van der Waals surface area contributed by atoms with E-state index >= 15 is 0 Å². The van der Waals surface area contributed by atoms with E-state index < -0.39 is 29.0 Å². The number of alkyl halides is 3. The Hall–Kier alpha value is -2.94. The number of nitrogens with one attached hydrogen (secondary N) is 1. The van der Waals surface area contributed by atoms with Crippen LogP contribution in [0.3, 0.4) is 0 Å². The molecule has 0 radical (unpaired) electrons. The third kappa shape index (κ3) is 4.24. The van der Waals surface area contributed by atoms with Crippen molar-refractivity contribution < 1.29 is 22.7 Å². The summed E-state index contributed by atoms with van der Waals surface area (Å²) in [5.41, 5.74) is -1.51. The van der Waals surface area contributed by atoms with E-state index in [0.717, 1.165) is 18.3 Å². The maximum absolute atomic E-state index is 14.6. The molecule has 2 heterocycles. The molecule has 2 N–H and O–H groups in total. The second kappa shape index (κ2) is 7.82. The van der Waals surface area contributed by atoms with Gasteiger partial charge in [-0.15, -0.1) is 0 Å². The minimum atomic E-state index is -4.55. The Kier molecular flexibility index (Phi) is 5.61. The molecule has 0 saturated carbocycles. The third-order valence-electron chi connectivity index (χ3n) is 4.37. The number of halogens is 5. The zero-order valence-corrected chi connectivity index (χ0v) is 15.7. The predicted molar refractivity (Wildman–Crippen MR) is 98.3 cm³/mol. The molecule has 3 aromatic rings. The lowest BCUT2D eigenvalue weighted by Gasteiger charge is -2.14. The van der Waals surface area contributed by atoms with Crippen LogP contribution < -0.4 is 5.56 Å². The van der Waals surface area contributed by atoms with Crippen LogP contribution in [-0.2, 0) is 19.0 Å². The van der Waals surface area contributed by atoms with E-state index in [1.165, 1.54) is 19.1 Å². The topological polar surface area (TPSA) is 78.9 Å². The number of hydrogen-bond acceptors (Lipinski definition) is 4. The molecule has 0 aliphatic carbocycles. The minimum Gasteiger partial charge on any atom is -0.505 e. The van der Waals surface area contributed by atoms with E-state index in [1.54, 1.807) is 0 Å². The Labute approximate surface area is 167 Å². The van der Waals surface area contributed by atoms with Crippen LogP contribution in [0.2, 0.25) is 5.02 Å². The van der Waals surface area contributed by atoms with Crippen molar-refractivity contribution in [1.82, 2.24) is 15.2 Å². The lowest BCUT2D eigenvalue weighted by atomic mass is 9.94. The Balaban J connectivity index is 2.00. The lowest BCUT2D eigenvalue weighted by Crippen LogP contribution is -2.14. The van der Waals surface area contributed by atoms with Gasteiger partial charge in [-0.1, -0.05) is 17.7 Å². The van der Waals surface area contributed by atoms with Gasteiger partial charge in [-0.2, -0.15) is 18.3 Å². The second-order valence-electron chi connectivity index (χ2n) is 6.29. The first-order chi connectivity index (χ1) is 13.6. The van der Waals surface area contributed by atoms with Gasteiger partial charge in [0.2, 0.25) is 0 Å². The van der Waals surface area contributed by atoms with Crippen LogP contribution in [0.15, 0.2) is 35.3 Å². The van der Waals surface area contributed by atoms with E-state index in [4.69, 9.17) is 11.6 Å². The van der Waals surface area contributed by atoms with Crippen LogP contribution >= 0.6 is 11.6 Å². The Morgan fingerprint density at radius 3 is 2.48 bits per heavy atom. The second-order valence-corrected chi connectivity index (χ2v) is 6.70. The number of aromatic amines is 1. The maximum Gasteiger partial charge on any atom is 0.433 e. The van der Waals surface area contributed by atoms with Crippen molar-refractivity contribution in [3.05, 3.63) is 74.2 Å². The zero-order valence-electron chi connectivity index (χ0n) is 14.9. The fourth-order valence-corrected chi connectivity index (χ4v) is 3.13. The van der Waals surface area contributed by atoms with Crippen molar-refractivity contribution in [3.63, 3.8) is 0 Å². The molecule has 29 heavy (non-hydrogen) atoms. The molecule has 152 valence electrons. The Morgan fingerprint density at radius 2 is 1.86 bits per heavy atom. The number of rotatable bonds is 4. The number of nitrogens with zero attached hydrogens (tertiary/aromatic N) is 2. The first-order valence-electron chi connectivity index (χ1n) is 8.37. The first-order valence-corrected chi connectivity index (χ1v) is 8.75. The van der Waals surface area contributed by atoms with Crippen LogP contribution in [0, 0.1) is 12.7 Å².